The molecule has 0 unspecified atom stereocenters. The van der Waals surface area contributed by atoms with Gasteiger partial charge in [0.2, 0.25) is 0 Å². The van der Waals surface area contributed by atoms with E-state index in [4.69, 9.17) is 0 Å². The van der Waals surface area contributed by atoms with Gasteiger partial charge in [-0.05, 0) is 117 Å². The molecule has 10 rings (SSSR count). The summed E-state index contributed by atoms with van der Waals surface area (Å²) in [5, 5.41) is 10.3. The third kappa shape index (κ3) is 4.11. The molecule has 0 heterocycles. The van der Waals surface area contributed by atoms with E-state index >= 15 is 0 Å². The topological polar surface area (TPSA) is 0 Å². The number of benzene rings is 9. The van der Waals surface area contributed by atoms with Crippen molar-refractivity contribution in [2.24, 2.45) is 0 Å². The van der Waals surface area contributed by atoms with Crippen molar-refractivity contribution in [3.05, 3.63) is 181 Å². The van der Waals surface area contributed by atoms with Crippen LogP contribution in [0.4, 0.5) is 0 Å². The van der Waals surface area contributed by atoms with Crippen molar-refractivity contribution in [1.82, 2.24) is 0 Å². The second-order valence-corrected chi connectivity index (χ2v) is 14.0. The van der Waals surface area contributed by atoms with E-state index in [2.05, 4.69) is 184 Å². The lowest BCUT2D eigenvalue weighted by Crippen LogP contribution is -2.15. The van der Waals surface area contributed by atoms with Crippen LogP contribution in [0, 0.1) is 0 Å². The summed E-state index contributed by atoms with van der Waals surface area (Å²) >= 11 is 0. The van der Waals surface area contributed by atoms with Crippen molar-refractivity contribution in [3.8, 4) is 44.5 Å². The Balaban J connectivity index is 1.23. The number of rotatable bonds is 3. The first-order chi connectivity index (χ1) is 24.1. The highest BCUT2D eigenvalue weighted by molar-refractivity contribution is 6.24. The van der Waals surface area contributed by atoms with Crippen molar-refractivity contribution in [2.75, 3.05) is 0 Å². The molecule has 0 fully saturated rings. The highest BCUT2D eigenvalue weighted by Gasteiger charge is 2.36. The van der Waals surface area contributed by atoms with Gasteiger partial charge in [-0.25, -0.2) is 0 Å². The van der Waals surface area contributed by atoms with E-state index < -0.39 is 0 Å². The average Bonchev–Trinajstić information content (AvgIpc) is 3.37. The molecule has 0 N–H and O–H groups in total. The summed E-state index contributed by atoms with van der Waals surface area (Å²) in [7, 11) is 0. The maximum absolute atomic E-state index is 2.48. The summed E-state index contributed by atoms with van der Waals surface area (Å²) in [6.45, 7) is 4.78. The third-order valence-electron chi connectivity index (χ3n) is 11.0. The van der Waals surface area contributed by atoms with Crippen LogP contribution in [0.3, 0.4) is 0 Å². The van der Waals surface area contributed by atoms with Gasteiger partial charge in [0, 0.05) is 5.41 Å². The summed E-state index contributed by atoms with van der Waals surface area (Å²) in [5.41, 5.74) is 13.1. The summed E-state index contributed by atoms with van der Waals surface area (Å²) in [6, 6.07) is 63.1. The lowest BCUT2D eigenvalue weighted by atomic mass is 9.80. The predicted molar refractivity (Wildman–Crippen MR) is 210 cm³/mol. The van der Waals surface area contributed by atoms with Gasteiger partial charge in [-0.2, -0.15) is 0 Å². The SMILES string of the molecule is CC1(C)c2cc(-c3c4ccccc4c(-c4ccc(-c5ccccc5)c5ccccc45)c4ccccc34)ccc2-c2cc3ccccc3cc21. The van der Waals surface area contributed by atoms with Crippen molar-refractivity contribution in [1.29, 1.82) is 0 Å². The first-order valence-electron chi connectivity index (χ1n) is 17.3. The molecular formula is C49H34. The Morgan fingerprint density at radius 2 is 0.776 bits per heavy atom. The van der Waals surface area contributed by atoms with Crippen molar-refractivity contribution >= 4 is 43.1 Å². The standard InChI is InChI=1S/C49H34/c1-49(2)45-30-34(24-25-38(45)44-28-32-16-6-7-17-33(32)29-46(44)49)47-39-20-10-12-22-41(39)48(42-23-13-11-21-40(42)47)43-27-26-35(31-14-4-3-5-15-31)36-18-8-9-19-37(36)43/h3-30H,1-2H3. The van der Waals surface area contributed by atoms with Gasteiger partial charge < -0.3 is 0 Å². The zero-order valence-electron chi connectivity index (χ0n) is 27.7. The molecule has 0 aliphatic heterocycles. The molecule has 0 saturated heterocycles. The van der Waals surface area contributed by atoms with E-state index in [1.807, 2.05) is 0 Å². The minimum atomic E-state index is -0.102. The Bertz CT molecular complexity index is 2720. The fourth-order valence-corrected chi connectivity index (χ4v) is 8.69. The van der Waals surface area contributed by atoms with Gasteiger partial charge in [0.15, 0.2) is 0 Å². The molecule has 0 heteroatoms. The van der Waals surface area contributed by atoms with Gasteiger partial charge in [-0.1, -0.05) is 166 Å². The molecule has 0 amide bonds. The van der Waals surface area contributed by atoms with Gasteiger partial charge in [-0.15, -0.1) is 0 Å². The quantitative estimate of drug-likeness (QED) is 0.172. The second kappa shape index (κ2) is 10.5. The summed E-state index contributed by atoms with van der Waals surface area (Å²) < 4.78 is 0. The Hall–Kier alpha value is -5.98. The smallest absolute Gasteiger partial charge is 0.0159 e. The first kappa shape index (κ1) is 28.1. The van der Waals surface area contributed by atoms with Crippen LogP contribution < -0.4 is 0 Å². The Morgan fingerprint density at radius 1 is 0.306 bits per heavy atom. The fourth-order valence-electron chi connectivity index (χ4n) is 8.69. The fraction of sp³-hybridized carbons (Fsp3) is 0.0612. The Labute approximate surface area is 286 Å². The minimum Gasteiger partial charge on any atom is -0.0622 e. The van der Waals surface area contributed by atoms with E-state index in [-0.39, 0.29) is 5.41 Å². The average molecular weight is 623 g/mol. The molecule has 0 radical (unpaired) electrons. The van der Waals surface area contributed by atoms with Crippen molar-refractivity contribution in [2.45, 2.75) is 19.3 Å². The van der Waals surface area contributed by atoms with Crippen LogP contribution in [0.5, 0.6) is 0 Å². The van der Waals surface area contributed by atoms with Crippen LogP contribution in [0.1, 0.15) is 25.0 Å². The van der Waals surface area contributed by atoms with E-state index in [0.717, 1.165) is 0 Å². The third-order valence-corrected chi connectivity index (χ3v) is 11.0. The predicted octanol–water partition coefficient (Wildman–Crippen LogP) is 13.6. The highest BCUT2D eigenvalue weighted by Crippen LogP contribution is 2.52. The van der Waals surface area contributed by atoms with E-state index in [0.29, 0.717) is 0 Å². The van der Waals surface area contributed by atoms with Crippen LogP contribution in [0.2, 0.25) is 0 Å². The lowest BCUT2D eigenvalue weighted by molar-refractivity contribution is 0.661. The molecule has 0 aromatic heterocycles. The second-order valence-electron chi connectivity index (χ2n) is 14.0. The monoisotopic (exact) mass is 622 g/mol. The Morgan fingerprint density at radius 3 is 1.43 bits per heavy atom. The molecule has 0 atom stereocenters. The number of fused-ring (bicyclic) bond motifs is 7. The minimum absolute atomic E-state index is 0.102. The lowest BCUT2D eigenvalue weighted by Gasteiger charge is -2.23. The largest absolute Gasteiger partial charge is 0.0622 e. The number of hydrogen-bond acceptors (Lipinski definition) is 0. The molecule has 0 nitrogen and oxygen atoms in total. The summed E-state index contributed by atoms with van der Waals surface area (Å²) in [6.07, 6.45) is 0. The molecule has 0 bridgehead atoms. The number of hydrogen-bond donors (Lipinski definition) is 0. The molecule has 9 aromatic carbocycles. The van der Waals surface area contributed by atoms with E-state index in [1.54, 1.807) is 0 Å². The Kier molecular flexibility index (Phi) is 6.02. The van der Waals surface area contributed by atoms with Crippen LogP contribution in [0.25, 0.3) is 87.6 Å². The van der Waals surface area contributed by atoms with E-state index in [1.165, 1.54) is 98.7 Å². The van der Waals surface area contributed by atoms with Crippen LogP contribution >= 0.6 is 0 Å². The van der Waals surface area contributed by atoms with Crippen molar-refractivity contribution in [3.63, 3.8) is 0 Å². The molecule has 0 saturated carbocycles. The molecule has 9 aromatic rings. The van der Waals surface area contributed by atoms with Crippen LogP contribution in [-0.4, -0.2) is 0 Å². The van der Waals surface area contributed by atoms with Gasteiger partial charge >= 0.3 is 0 Å². The highest BCUT2D eigenvalue weighted by atomic mass is 14.4. The zero-order chi connectivity index (χ0) is 32.7. The maximum atomic E-state index is 2.48. The van der Waals surface area contributed by atoms with Gasteiger partial charge in [0.1, 0.15) is 0 Å². The normalized spacial score (nSPS) is 13.3. The van der Waals surface area contributed by atoms with Crippen LogP contribution in [-0.2, 0) is 5.41 Å². The molecule has 230 valence electrons. The molecule has 49 heavy (non-hydrogen) atoms. The van der Waals surface area contributed by atoms with Gasteiger partial charge in [0.25, 0.3) is 0 Å². The molecule has 1 aliphatic carbocycles. The van der Waals surface area contributed by atoms with E-state index in [9.17, 15) is 0 Å². The molecule has 1 aliphatic rings. The summed E-state index contributed by atoms with van der Waals surface area (Å²) in [4.78, 5) is 0. The summed E-state index contributed by atoms with van der Waals surface area (Å²) in [5.74, 6) is 0. The van der Waals surface area contributed by atoms with Crippen molar-refractivity contribution < 1.29 is 0 Å². The molecule has 0 spiro atoms. The zero-order valence-corrected chi connectivity index (χ0v) is 27.7. The van der Waals surface area contributed by atoms with Gasteiger partial charge in [-0.3, -0.25) is 0 Å². The van der Waals surface area contributed by atoms with Gasteiger partial charge in [0.05, 0.1) is 0 Å². The maximum Gasteiger partial charge on any atom is 0.0159 e. The van der Waals surface area contributed by atoms with Crippen LogP contribution in [0.15, 0.2) is 170 Å². The first-order valence-corrected chi connectivity index (χ1v) is 17.3. The molecular weight excluding hydrogens is 589 g/mol.